The summed E-state index contributed by atoms with van der Waals surface area (Å²) in [7, 11) is -1.30. The summed E-state index contributed by atoms with van der Waals surface area (Å²) in [4.78, 5) is 0. The van der Waals surface area contributed by atoms with Gasteiger partial charge in [-0.2, -0.15) is 0 Å². The van der Waals surface area contributed by atoms with E-state index in [0.717, 1.165) is 0 Å². The summed E-state index contributed by atoms with van der Waals surface area (Å²) in [5.41, 5.74) is 0. The minimum absolute atomic E-state index is 0.132. The molecule has 0 aliphatic heterocycles. The minimum atomic E-state index is -2.59. The molecule has 0 aromatic heterocycles. The first kappa shape index (κ1) is 17.7. The van der Waals surface area contributed by atoms with E-state index in [1.54, 1.807) is 10.7 Å². The molecule has 0 aromatic rings. The van der Waals surface area contributed by atoms with E-state index in [2.05, 4.69) is 13.1 Å². The standard InChI is InChI=1S/C11H27O3SSi2/c1-9(2)12-17(13-10(3)4,14-11(5)6)15-16(7)8/h9-11H,1-8H3. The first-order valence-corrected chi connectivity index (χ1v) is 12.7. The Bertz CT molecular complexity index is 165. The number of hydrogen-bond acceptors (Lipinski definition) is 4. The molecule has 3 nitrogen and oxygen atoms in total. The highest BCUT2D eigenvalue weighted by atomic mass is 32.5. The van der Waals surface area contributed by atoms with Crippen LogP contribution in [-0.2, 0) is 13.3 Å². The third-order valence-corrected chi connectivity index (χ3v) is 13.2. The topological polar surface area (TPSA) is 27.7 Å². The predicted molar refractivity (Wildman–Crippen MR) is 79.5 cm³/mol. The Balaban J connectivity index is 4.89. The van der Waals surface area contributed by atoms with Gasteiger partial charge < -0.3 is 13.3 Å². The SMILES string of the molecule is CC(C)O[Si](OC(C)C)(OC(C)C)S[Si](C)C. The fourth-order valence-corrected chi connectivity index (χ4v) is 13.3. The molecule has 0 amide bonds. The molecule has 0 aliphatic carbocycles. The quantitative estimate of drug-likeness (QED) is 0.638. The lowest BCUT2D eigenvalue weighted by Crippen LogP contribution is -2.49. The first-order valence-electron chi connectivity index (χ1n) is 6.19. The van der Waals surface area contributed by atoms with E-state index in [1.165, 1.54) is 0 Å². The normalized spacial score (nSPS) is 13.4. The molecule has 0 fully saturated rings. The van der Waals surface area contributed by atoms with Gasteiger partial charge >= 0.3 is 7.95 Å². The molecule has 0 saturated heterocycles. The lowest BCUT2D eigenvalue weighted by molar-refractivity contribution is 0.0249. The van der Waals surface area contributed by atoms with Crippen LogP contribution in [0.5, 0.6) is 0 Å². The summed E-state index contributed by atoms with van der Waals surface area (Å²) in [6.45, 7) is 16.7. The summed E-state index contributed by atoms with van der Waals surface area (Å²) in [5.74, 6) is 0. The average Bonchev–Trinajstić information content (AvgIpc) is 1.95. The first-order chi connectivity index (χ1) is 7.67. The molecule has 0 rings (SSSR count). The molecule has 0 aromatic carbocycles. The van der Waals surface area contributed by atoms with Crippen LogP contribution in [0.4, 0.5) is 0 Å². The highest BCUT2D eigenvalue weighted by Gasteiger charge is 2.46. The summed E-state index contributed by atoms with van der Waals surface area (Å²) >= 11 is 0. The van der Waals surface area contributed by atoms with Gasteiger partial charge in [0.1, 0.15) is 7.95 Å². The van der Waals surface area contributed by atoms with Gasteiger partial charge in [-0.15, -0.1) is 10.7 Å². The van der Waals surface area contributed by atoms with E-state index in [4.69, 9.17) is 13.3 Å². The average molecular weight is 296 g/mol. The van der Waals surface area contributed by atoms with Crippen molar-refractivity contribution in [1.82, 2.24) is 0 Å². The molecule has 0 bridgehead atoms. The second kappa shape index (κ2) is 7.96. The molecule has 0 atom stereocenters. The Morgan fingerprint density at radius 3 is 1.24 bits per heavy atom. The van der Waals surface area contributed by atoms with E-state index < -0.39 is 15.9 Å². The van der Waals surface area contributed by atoms with Gasteiger partial charge in [0.05, 0.1) is 0 Å². The number of hydrogen-bond donors (Lipinski definition) is 0. The van der Waals surface area contributed by atoms with Gasteiger partial charge in [0.2, 0.25) is 0 Å². The van der Waals surface area contributed by atoms with Crippen LogP contribution in [0, 0.1) is 0 Å². The third kappa shape index (κ3) is 8.39. The Kier molecular flexibility index (Phi) is 8.27. The molecule has 17 heavy (non-hydrogen) atoms. The third-order valence-electron chi connectivity index (χ3n) is 1.47. The van der Waals surface area contributed by atoms with Crippen molar-refractivity contribution in [1.29, 1.82) is 0 Å². The molecule has 0 heterocycles. The van der Waals surface area contributed by atoms with Crippen molar-refractivity contribution >= 4 is 26.6 Å². The van der Waals surface area contributed by atoms with Crippen molar-refractivity contribution in [2.75, 3.05) is 0 Å². The predicted octanol–water partition coefficient (Wildman–Crippen LogP) is 3.68. The largest absolute Gasteiger partial charge is 0.567 e. The van der Waals surface area contributed by atoms with Crippen molar-refractivity contribution in [2.24, 2.45) is 0 Å². The Labute approximate surface area is 113 Å². The molecule has 0 N–H and O–H groups in total. The maximum absolute atomic E-state index is 6.05. The van der Waals surface area contributed by atoms with Crippen LogP contribution in [0.3, 0.4) is 0 Å². The molecule has 0 saturated carbocycles. The summed E-state index contributed by atoms with van der Waals surface area (Å²) in [5, 5.41) is 0. The second-order valence-corrected chi connectivity index (χ2v) is 15.1. The summed E-state index contributed by atoms with van der Waals surface area (Å²) in [6.07, 6.45) is 0.397. The van der Waals surface area contributed by atoms with Gasteiger partial charge in [-0.1, -0.05) is 13.1 Å². The molecule has 0 aliphatic rings. The van der Waals surface area contributed by atoms with Crippen LogP contribution >= 0.6 is 10.7 Å². The highest BCUT2D eigenvalue weighted by molar-refractivity contribution is 8.46. The summed E-state index contributed by atoms with van der Waals surface area (Å²) < 4.78 is 18.2. The van der Waals surface area contributed by atoms with E-state index in [1.807, 2.05) is 41.5 Å². The van der Waals surface area contributed by atoms with Gasteiger partial charge in [-0.25, -0.2) is 0 Å². The summed E-state index contributed by atoms with van der Waals surface area (Å²) in [6, 6.07) is 0. The van der Waals surface area contributed by atoms with E-state index in [0.29, 0.717) is 0 Å². The molecular formula is C11H27O3SSi2. The van der Waals surface area contributed by atoms with Crippen molar-refractivity contribution in [2.45, 2.75) is 72.9 Å². The van der Waals surface area contributed by atoms with Crippen LogP contribution in [0.1, 0.15) is 41.5 Å². The van der Waals surface area contributed by atoms with Gasteiger partial charge in [0.25, 0.3) is 0 Å². The second-order valence-electron chi connectivity index (χ2n) is 5.01. The maximum atomic E-state index is 6.05. The minimum Gasteiger partial charge on any atom is -0.363 e. The molecule has 1 radical (unpaired) electrons. The molecule has 0 unspecified atom stereocenters. The smallest absolute Gasteiger partial charge is 0.363 e. The van der Waals surface area contributed by atoms with Gasteiger partial charge in [-0.3, -0.25) is 0 Å². The van der Waals surface area contributed by atoms with E-state index >= 15 is 0 Å². The van der Waals surface area contributed by atoms with Crippen LogP contribution in [0.25, 0.3) is 0 Å². The molecule has 103 valence electrons. The zero-order valence-electron chi connectivity index (χ0n) is 12.4. The van der Waals surface area contributed by atoms with Crippen LogP contribution in [-0.4, -0.2) is 34.2 Å². The maximum Gasteiger partial charge on any atom is 0.567 e. The molecule has 6 heteroatoms. The van der Waals surface area contributed by atoms with E-state index in [9.17, 15) is 0 Å². The molecular weight excluding hydrogens is 268 g/mol. The Morgan fingerprint density at radius 2 is 1.06 bits per heavy atom. The molecule has 0 spiro atoms. The highest BCUT2D eigenvalue weighted by Crippen LogP contribution is 2.30. The zero-order valence-corrected chi connectivity index (χ0v) is 15.2. The lowest BCUT2D eigenvalue weighted by Gasteiger charge is -2.34. The Morgan fingerprint density at radius 1 is 0.765 bits per heavy atom. The number of rotatable bonds is 8. The Hall–Kier alpha value is 0.664. The van der Waals surface area contributed by atoms with Gasteiger partial charge in [-0.05, 0) is 41.5 Å². The van der Waals surface area contributed by atoms with E-state index in [-0.39, 0.29) is 18.3 Å². The lowest BCUT2D eigenvalue weighted by atomic mass is 10.5. The van der Waals surface area contributed by atoms with Crippen molar-refractivity contribution < 1.29 is 13.3 Å². The van der Waals surface area contributed by atoms with Crippen LogP contribution < -0.4 is 0 Å². The fourth-order valence-electron chi connectivity index (χ4n) is 1.27. The van der Waals surface area contributed by atoms with Crippen molar-refractivity contribution in [3.8, 4) is 0 Å². The zero-order chi connectivity index (χ0) is 13.6. The van der Waals surface area contributed by atoms with Crippen LogP contribution in [0.15, 0.2) is 0 Å². The monoisotopic (exact) mass is 295 g/mol. The van der Waals surface area contributed by atoms with Gasteiger partial charge in [0, 0.05) is 18.3 Å². The van der Waals surface area contributed by atoms with Gasteiger partial charge in [0.15, 0.2) is 0 Å². The van der Waals surface area contributed by atoms with Crippen molar-refractivity contribution in [3.63, 3.8) is 0 Å². The van der Waals surface area contributed by atoms with Crippen LogP contribution in [0.2, 0.25) is 13.1 Å². The fraction of sp³-hybridized carbons (Fsp3) is 1.00. The van der Waals surface area contributed by atoms with Crippen molar-refractivity contribution in [3.05, 3.63) is 0 Å².